The fourth-order valence-corrected chi connectivity index (χ4v) is 4.51. The molecule has 7 nitrogen and oxygen atoms in total. The van der Waals surface area contributed by atoms with Crippen molar-refractivity contribution >= 4 is 11.6 Å². The van der Waals surface area contributed by atoms with Gasteiger partial charge < -0.3 is 28.9 Å². The van der Waals surface area contributed by atoms with E-state index in [0.717, 1.165) is 62.9 Å². The topological polar surface area (TPSA) is 55.7 Å². The van der Waals surface area contributed by atoms with Crippen LogP contribution in [0.15, 0.2) is 36.4 Å². The normalized spacial score (nSPS) is 18.4. The number of fused-ring (bicyclic) bond motifs is 1. The molecule has 0 bridgehead atoms. The lowest BCUT2D eigenvalue weighted by Crippen LogP contribution is -3.12. The Kier molecular flexibility index (Phi) is 6.51. The first-order valence-corrected chi connectivity index (χ1v) is 10.9. The Hall–Kier alpha value is -2.93. The molecule has 0 spiro atoms. The summed E-state index contributed by atoms with van der Waals surface area (Å²) in [5.74, 6) is 2.63. The number of ether oxygens (including phenoxy) is 3. The van der Waals surface area contributed by atoms with Gasteiger partial charge in [0.1, 0.15) is 12.3 Å². The van der Waals surface area contributed by atoms with Crippen molar-refractivity contribution in [2.75, 3.05) is 65.5 Å². The number of carbonyl (C=O) groups is 1. The Labute approximate surface area is 184 Å². The maximum Gasteiger partial charge on any atom is 0.277 e. The highest BCUT2D eigenvalue weighted by molar-refractivity contribution is 5.77. The second-order valence-electron chi connectivity index (χ2n) is 8.15. The van der Waals surface area contributed by atoms with E-state index in [1.54, 1.807) is 21.3 Å². The molecule has 1 N–H and O–H groups in total. The number of benzene rings is 2. The van der Waals surface area contributed by atoms with E-state index in [9.17, 15) is 4.79 Å². The van der Waals surface area contributed by atoms with E-state index in [4.69, 9.17) is 14.2 Å². The van der Waals surface area contributed by atoms with Crippen LogP contribution < -0.4 is 24.0 Å². The maximum absolute atomic E-state index is 13.0. The molecule has 166 valence electrons. The Morgan fingerprint density at radius 1 is 0.903 bits per heavy atom. The van der Waals surface area contributed by atoms with Gasteiger partial charge in [-0.2, -0.15) is 0 Å². The summed E-state index contributed by atoms with van der Waals surface area (Å²) in [4.78, 5) is 18.6. The molecule has 2 aromatic carbocycles. The average molecular weight is 427 g/mol. The van der Waals surface area contributed by atoms with Crippen LogP contribution in [0.1, 0.15) is 11.1 Å². The van der Waals surface area contributed by atoms with E-state index < -0.39 is 0 Å². The number of anilines is 1. The van der Waals surface area contributed by atoms with Crippen LogP contribution in [0, 0.1) is 0 Å². The molecule has 2 heterocycles. The van der Waals surface area contributed by atoms with Gasteiger partial charge in [0.15, 0.2) is 18.0 Å². The van der Waals surface area contributed by atoms with Crippen LogP contribution in [-0.2, 0) is 17.8 Å². The summed E-state index contributed by atoms with van der Waals surface area (Å²) in [5, 5.41) is 0. The number of carbonyl (C=O) groups excluding carboxylic acids is 1. The summed E-state index contributed by atoms with van der Waals surface area (Å²) in [7, 11) is 5.00. The van der Waals surface area contributed by atoms with Crippen molar-refractivity contribution in [1.82, 2.24) is 4.90 Å². The van der Waals surface area contributed by atoms with Gasteiger partial charge in [0.05, 0.1) is 27.9 Å². The van der Waals surface area contributed by atoms with Crippen molar-refractivity contribution in [2.45, 2.75) is 13.0 Å². The lowest BCUT2D eigenvalue weighted by atomic mass is 9.98. The van der Waals surface area contributed by atoms with E-state index in [2.05, 4.69) is 29.2 Å². The molecule has 1 unspecified atom stereocenters. The van der Waals surface area contributed by atoms with E-state index in [1.165, 1.54) is 21.7 Å². The molecular weight excluding hydrogens is 394 g/mol. The zero-order valence-corrected chi connectivity index (χ0v) is 18.6. The molecule has 0 aromatic heterocycles. The fourth-order valence-electron chi connectivity index (χ4n) is 4.51. The zero-order chi connectivity index (χ0) is 21.8. The molecule has 4 rings (SSSR count). The standard InChI is InChI=1S/C24H31N3O4/c1-29-21-6-4-20(5-7-21)26-10-12-27(13-11-26)24(28)17-25-9-8-18-14-22(30-2)23(31-3)15-19(18)16-25/h4-7,14-15H,8-13,16-17H2,1-3H3/p+1. The number of nitrogens with zero attached hydrogens (tertiary/aromatic N) is 2. The predicted molar refractivity (Wildman–Crippen MR) is 119 cm³/mol. The minimum atomic E-state index is 0.244. The molecule has 0 aliphatic carbocycles. The molecular formula is C24H32N3O4+. The first kappa shape index (κ1) is 21.3. The summed E-state index contributed by atoms with van der Waals surface area (Å²) in [6, 6.07) is 12.3. The Morgan fingerprint density at radius 2 is 1.55 bits per heavy atom. The fraction of sp³-hybridized carbons (Fsp3) is 0.458. The minimum Gasteiger partial charge on any atom is -0.497 e. The minimum absolute atomic E-state index is 0.244. The molecule has 2 aliphatic heterocycles. The molecule has 1 atom stereocenters. The van der Waals surface area contributed by atoms with Crippen molar-refractivity contribution in [1.29, 1.82) is 0 Å². The van der Waals surface area contributed by atoms with Crippen molar-refractivity contribution in [2.24, 2.45) is 0 Å². The Bertz CT molecular complexity index is 908. The van der Waals surface area contributed by atoms with Gasteiger partial charge in [-0.1, -0.05) is 0 Å². The summed E-state index contributed by atoms with van der Waals surface area (Å²) in [5.41, 5.74) is 3.72. The van der Waals surface area contributed by atoms with Crippen LogP contribution in [0.3, 0.4) is 0 Å². The van der Waals surface area contributed by atoms with E-state index in [0.29, 0.717) is 6.54 Å². The largest absolute Gasteiger partial charge is 0.497 e. The summed E-state index contributed by atoms with van der Waals surface area (Å²) in [6.07, 6.45) is 0.948. The van der Waals surface area contributed by atoms with E-state index >= 15 is 0 Å². The van der Waals surface area contributed by atoms with Gasteiger partial charge in [0, 0.05) is 43.9 Å². The van der Waals surface area contributed by atoms with Gasteiger partial charge in [-0.15, -0.1) is 0 Å². The second kappa shape index (κ2) is 9.47. The molecule has 2 aromatic rings. The number of quaternary nitrogens is 1. The van der Waals surface area contributed by atoms with Crippen LogP contribution in [0.25, 0.3) is 0 Å². The smallest absolute Gasteiger partial charge is 0.277 e. The summed E-state index contributed by atoms with van der Waals surface area (Å²) < 4.78 is 16.1. The summed E-state index contributed by atoms with van der Waals surface area (Å²) in [6.45, 7) is 5.57. The average Bonchev–Trinajstić information content (AvgIpc) is 2.83. The van der Waals surface area contributed by atoms with Crippen molar-refractivity contribution < 1.29 is 23.9 Å². The second-order valence-corrected chi connectivity index (χ2v) is 8.15. The molecule has 1 amide bonds. The van der Waals surface area contributed by atoms with Crippen LogP contribution in [0.5, 0.6) is 17.2 Å². The van der Waals surface area contributed by atoms with Crippen molar-refractivity contribution in [3.8, 4) is 17.2 Å². The van der Waals surface area contributed by atoms with E-state index in [-0.39, 0.29) is 5.91 Å². The number of methoxy groups -OCH3 is 3. The first-order chi connectivity index (χ1) is 15.1. The van der Waals surface area contributed by atoms with Crippen LogP contribution in [0.4, 0.5) is 5.69 Å². The van der Waals surface area contributed by atoms with E-state index in [1.807, 2.05) is 17.0 Å². The SMILES string of the molecule is COc1ccc(N2CCN(C(=O)C[NH+]3CCc4cc(OC)c(OC)cc4C3)CC2)cc1. The van der Waals surface area contributed by atoms with Gasteiger partial charge in [0.25, 0.3) is 5.91 Å². The van der Waals surface area contributed by atoms with Crippen LogP contribution >= 0.6 is 0 Å². The quantitative estimate of drug-likeness (QED) is 0.747. The number of piperazine rings is 1. The Morgan fingerprint density at radius 3 is 2.16 bits per heavy atom. The number of hydrogen-bond donors (Lipinski definition) is 1. The number of hydrogen-bond acceptors (Lipinski definition) is 5. The monoisotopic (exact) mass is 426 g/mol. The van der Waals surface area contributed by atoms with Crippen LogP contribution in [0.2, 0.25) is 0 Å². The molecule has 1 saturated heterocycles. The lowest BCUT2D eigenvalue weighted by molar-refractivity contribution is -0.908. The van der Waals surface area contributed by atoms with Gasteiger partial charge >= 0.3 is 0 Å². The first-order valence-electron chi connectivity index (χ1n) is 10.9. The maximum atomic E-state index is 13.0. The molecule has 2 aliphatic rings. The zero-order valence-electron chi connectivity index (χ0n) is 18.6. The molecule has 0 saturated carbocycles. The van der Waals surface area contributed by atoms with Crippen LogP contribution in [-0.4, -0.2) is 71.4 Å². The highest BCUT2D eigenvalue weighted by Gasteiger charge is 2.28. The highest BCUT2D eigenvalue weighted by atomic mass is 16.5. The predicted octanol–water partition coefficient (Wildman–Crippen LogP) is 1.00. The third-order valence-electron chi connectivity index (χ3n) is 6.37. The molecule has 31 heavy (non-hydrogen) atoms. The van der Waals surface area contributed by atoms with Gasteiger partial charge in [-0.3, -0.25) is 4.79 Å². The van der Waals surface area contributed by atoms with Gasteiger partial charge in [-0.05, 0) is 42.0 Å². The summed E-state index contributed by atoms with van der Waals surface area (Å²) >= 11 is 0. The molecule has 1 fully saturated rings. The van der Waals surface area contributed by atoms with Crippen molar-refractivity contribution in [3.63, 3.8) is 0 Å². The number of amides is 1. The number of nitrogens with one attached hydrogen (secondary N) is 1. The third-order valence-corrected chi connectivity index (χ3v) is 6.37. The third kappa shape index (κ3) is 4.71. The molecule has 0 radical (unpaired) electrons. The lowest BCUT2D eigenvalue weighted by Gasteiger charge is -2.37. The van der Waals surface area contributed by atoms with Crippen molar-refractivity contribution in [3.05, 3.63) is 47.5 Å². The number of rotatable bonds is 6. The van der Waals surface area contributed by atoms with Gasteiger partial charge in [0.2, 0.25) is 0 Å². The van der Waals surface area contributed by atoms with Gasteiger partial charge in [-0.25, -0.2) is 0 Å². The molecule has 7 heteroatoms. The highest BCUT2D eigenvalue weighted by Crippen LogP contribution is 2.31. The Balaban J connectivity index is 1.31.